The monoisotopic (exact) mass is 379 g/mol. The van der Waals surface area contributed by atoms with Gasteiger partial charge in [-0.3, -0.25) is 4.79 Å². The molecule has 2 aromatic carbocycles. The Morgan fingerprint density at radius 3 is 2.48 bits per heavy atom. The molecular weight excluding hydrogens is 365 g/mol. The molecule has 0 aromatic heterocycles. The molecule has 0 bridgehead atoms. The molecule has 23 heavy (non-hydrogen) atoms. The molecular formula is C17H15BrFNO3. The minimum absolute atomic E-state index is 0.227. The molecule has 1 atom stereocenters. The fourth-order valence-corrected chi connectivity index (χ4v) is 2.17. The molecule has 1 amide bonds. The second-order valence-electron chi connectivity index (χ2n) is 5.03. The third kappa shape index (κ3) is 4.63. The van der Waals surface area contributed by atoms with Crippen LogP contribution in [0.3, 0.4) is 0 Å². The number of ether oxygens (including phenoxy) is 1. The van der Waals surface area contributed by atoms with E-state index in [0.29, 0.717) is 10.2 Å². The molecule has 1 N–H and O–H groups in total. The number of anilines is 1. The summed E-state index contributed by atoms with van der Waals surface area (Å²) in [5, 5.41) is 2.63. The predicted molar refractivity (Wildman–Crippen MR) is 88.8 cm³/mol. The second kappa shape index (κ2) is 7.37. The zero-order valence-electron chi connectivity index (χ0n) is 12.6. The van der Waals surface area contributed by atoms with Gasteiger partial charge in [0, 0.05) is 10.2 Å². The van der Waals surface area contributed by atoms with Gasteiger partial charge in [-0.05, 0) is 44.2 Å². The van der Waals surface area contributed by atoms with Crippen molar-refractivity contribution in [2.75, 3.05) is 5.32 Å². The Morgan fingerprint density at radius 1 is 1.17 bits per heavy atom. The van der Waals surface area contributed by atoms with E-state index in [9.17, 15) is 14.0 Å². The molecule has 0 aliphatic heterocycles. The predicted octanol–water partition coefficient (Wildman–Crippen LogP) is 4.08. The molecule has 0 aliphatic rings. The highest BCUT2D eigenvalue weighted by Crippen LogP contribution is 2.17. The van der Waals surface area contributed by atoms with E-state index in [-0.39, 0.29) is 5.56 Å². The minimum atomic E-state index is -1.05. The first-order valence-electron chi connectivity index (χ1n) is 6.90. The van der Waals surface area contributed by atoms with Gasteiger partial charge in [0.25, 0.3) is 5.91 Å². The van der Waals surface area contributed by atoms with Crippen molar-refractivity contribution in [3.05, 3.63) is 63.9 Å². The first-order chi connectivity index (χ1) is 10.9. The second-order valence-corrected chi connectivity index (χ2v) is 5.94. The van der Waals surface area contributed by atoms with E-state index in [2.05, 4.69) is 21.2 Å². The lowest BCUT2D eigenvalue weighted by molar-refractivity contribution is -0.123. The zero-order valence-corrected chi connectivity index (χ0v) is 14.2. The summed E-state index contributed by atoms with van der Waals surface area (Å²) < 4.78 is 19.2. The molecule has 0 saturated carbocycles. The van der Waals surface area contributed by atoms with Crippen molar-refractivity contribution in [3.8, 4) is 0 Å². The van der Waals surface area contributed by atoms with Crippen molar-refractivity contribution in [2.45, 2.75) is 20.0 Å². The van der Waals surface area contributed by atoms with Gasteiger partial charge in [0.15, 0.2) is 6.10 Å². The van der Waals surface area contributed by atoms with Crippen LogP contribution in [0.25, 0.3) is 0 Å². The van der Waals surface area contributed by atoms with Gasteiger partial charge in [-0.15, -0.1) is 0 Å². The highest BCUT2D eigenvalue weighted by molar-refractivity contribution is 9.10. The Kier molecular flexibility index (Phi) is 5.50. The van der Waals surface area contributed by atoms with E-state index in [1.807, 2.05) is 19.1 Å². The van der Waals surface area contributed by atoms with E-state index < -0.39 is 23.8 Å². The lowest BCUT2D eigenvalue weighted by Gasteiger charge is -2.14. The van der Waals surface area contributed by atoms with Gasteiger partial charge >= 0.3 is 5.97 Å². The Labute approximate surface area is 141 Å². The maximum Gasteiger partial charge on any atom is 0.341 e. The fraction of sp³-hybridized carbons (Fsp3) is 0.176. The number of halogens is 2. The van der Waals surface area contributed by atoms with Crippen molar-refractivity contribution >= 4 is 33.5 Å². The number of carbonyl (C=O) groups excluding carboxylic acids is 2. The first-order valence-corrected chi connectivity index (χ1v) is 7.69. The van der Waals surface area contributed by atoms with Crippen molar-refractivity contribution in [3.63, 3.8) is 0 Å². The summed E-state index contributed by atoms with van der Waals surface area (Å²) in [6.45, 7) is 3.36. The average molecular weight is 380 g/mol. The quantitative estimate of drug-likeness (QED) is 0.814. The molecule has 0 aliphatic carbocycles. The van der Waals surface area contributed by atoms with Gasteiger partial charge in [-0.1, -0.05) is 33.6 Å². The molecule has 0 unspecified atom stereocenters. The molecule has 2 rings (SSSR count). The molecule has 0 fully saturated rings. The standard InChI is InChI=1S/C17H15BrFNO3/c1-10-3-6-13(7-4-10)20-16(21)11(2)23-17(22)14-9-12(18)5-8-15(14)19/h3-9,11H,1-2H3,(H,20,21)/t11-/m1/s1. The van der Waals surface area contributed by atoms with Gasteiger partial charge in [-0.2, -0.15) is 0 Å². The van der Waals surface area contributed by atoms with Crippen LogP contribution < -0.4 is 5.32 Å². The lowest BCUT2D eigenvalue weighted by atomic mass is 10.2. The Balaban J connectivity index is 2.01. The Bertz CT molecular complexity index is 731. The summed E-state index contributed by atoms with van der Waals surface area (Å²) in [4.78, 5) is 24.0. The van der Waals surface area contributed by atoms with E-state index >= 15 is 0 Å². The van der Waals surface area contributed by atoms with Crippen LogP contribution in [0.4, 0.5) is 10.1 Å². The van der Waals surface area contributed by atoms with E-state index in [1.165, 1.54) is 19.1 Å². The van der Waals surface area contributed by atoms with Gasteiger partial charge in [0.2, 0.25) is 0 Å². The average Bonchev–Trinajstić information content (AvgIpc) is 2.51. The summed E-state index contributed by atoms with van der Waals surface area (Å²) in [5.74, 6) is -2.09. The smallest absolute Gasteiger partial charge is 0.341 e. The van der Waals surface area contributed by atoms with Gasteiger partial charge in [0.1, 0.15) is 5.82 Å². The SMILES string of the molecule is Cc1ccc(NC(=O)[C@@H](C)OC(=O)c2cc(Br)ccc2F)cc1. The summed E-state index contributed by atoms with van der Waals surface area (Å²) in [7, 11) is 0. The van der Waals surface area contributed by atoms with Crippen molar-refractivity contribution in [1.29, 1.82) is 0 Å². The number of aryl methyl sites for hydroxylation is 1. The van der Waals surface area contributed by atoms with Crippen LogP contribution in [0, 0.1) is 12.7 Å². The number of benzene rings is 2. The molecule has 0 spiro atoms. The van der Waals surface area contributed by atoms with Crippen LogP contribution in [-0.4, -0.2) is 18.0 Å². The van der Waals surface area contributed by atoms with E-state index in [1.54, 1.807) is 12.1 Å². The largest absolute Gasteiger partial charge is 0.449 e. The summed E-state index contributed by atoms with van der Waals surface area (Å²) in [5.41, 5.74) is 1.43. The third-order valence-electron chi connectivity index (χ3n) is 3.12. The summed E-state index contributed by atoms with van der Waals surface area (Å²) in [6, 6.07) is 11.1. The van der Waals surface area contributed by atoms with Crippen LogP contribution >= 0.6 is 15.9 Å². The Hall–Kier alpha value is -2.21. The summed E-state index contributed by atoms with van der Waals surface area (Å²) >= 11 is 3.16. The van der Waals surface area contributed by atoms with Crippen LogP contribution in [-0.2, 0) is 9.53 Å². The molecule has 2 aromatic rings. The number of esters is 1. The minimum Gasteiger partial charge on any atom is -0.449 e. The highest BCUT2D eigenvalue weighted by Gasteiger charge is 2.21. The molecule has 0 radical (unpaired) electrons. The van der Waals surface area contributed by atoms with Crippen molar-refractivity contribution in [2.24, 2.45) is 0 Å². The number of carbonyl (C=O) groups is 2. The number of nitrogens with one attached hydrogen (secondary N) is 1. The van der Waals surface area contributed by atoms with Crippen molar-refractivity contribution in [1.82, 2.24) is 0 Å². The maximum absolute atomic E-state index is 13.6. The van der Waals surface area contributed by atoms with Crippen LogP contribution in [0.5, 0.6) is 0 Å². The van der Waals surface area contributed by atoms with Crippen LogP contribution in [0.2, 0.25) is 0 Å². The van der Waals surface area contributed by atoms with Gasteiger partial charge in [-0.25, -0.2) is 9.18 Å². The fourth-order valence-electron chi connectivity index (χ4n) is 1.81. The van der Waals surface area contributed by atoms with Crippen LogP contribution in [0.1, 0.15) is 22.8 Å². The van der Waals surface area contributed by atoms with E-state index in [0.717, 1.165) is 11.6 Å². The Morgan fingerprint density at radius 2 is 1.83 bits per heavy atom. The number of hydrogen-bond acceptors (Lipinski definition) is 3. The van der Waals surface area contributed by atoms with Gasteiger partial charge in [0.05, 0.1) is 5.56 Å². The van der Waals surface area contributed by atoms with Gasteiger partial charge < -0.3 is 10.1 Å². The van der Waals surface area contributed by atoms with Crippen LogP contribution in [0.15, 0.2) is 46.9 Å². The molecule has 6 heteroatoms. The normalized spacial score (nSPS) is 11.7. The molecule has 0 saturated heterocycles. The number of rotatable bonds is 4. The topological polar surface area (TPSA) is 55.4 Å². The third-order valence-corrected chi connectivity index (χ3v) is 3.61. The zero-order chi connectivity index (χ0) is 17.0. The number of amides is 1. The molecule has 4 nitrogen and oxygen atoms in total. The number of hydrogen-bond donors (Lipinski definition) is 1. The molecule has 0 heterocycles. The molecule has 120 valence electrons. The highest BCUT2D eigenvalue weighted by atomic mass is 79.9. The maximum atomic E-state index is 13.6. The summed E-state index contributed by atoms with van der Waals surface area (Å²) in [6.07, 6.45) is -1.05. The first kappa shape index (κ1) is 17.1. The lowest BCUT2D eigenvalue weighted by Crippen LogP contribution is -2.30. The van der Waals surface area contributed by atoms with E-state index in [4.69, 9.17) is 4.74 Å². The van der Waals surface area contributed by atoms with Crippen molar-refractivity contribution < 1.29 is 18.7 Å².